The van der Waals surface area contributed by atoms with Crippen molar-refractivity contribution in [3.63, 3.8) is 0 Å². The molecule has 0 bridgehead atoms. The van der Waals surface area contributed by atoms with Crippen LogP contribution in [0.2, 0.25) is 0 Å². The van der Waals surface area contributed by atoms with Crippen LogP contribution in [-0.4, -0.2) is 15.6 Å². The number of aromatic nitrogens is 1. The van der Waals surface area contributed by atoms with Gasteiger partial charge in [-0.15, -0.1) is 0 Å². The summed E-state index contributed by atoms with van der Waals surface area (Å²) in [7, 11) is 0. The van der Waals surface area contributed by atoms with Crippen LogP contribution in [0.4, 0.5) is 0 Å². The van der Waals surface area contributed by atoms with Gasteiger partial charge in [-0.25, -0.2) is 4.79 Å². The van der Waals surface area contributed by atoms with E-state index in [1.54, 1.807) is 0 Å². The molecule has 2 N–H and O–H groups in total. The lowest BCUT2D eigenvalue weighted by atomic mass is 10.1. The molecular weight excluding hydrogens is 352 g/mol. The van der Waals surface area contributed by atoms with Gasteiger partial charge in [0, 0.05) is 30.0 Å². The Balaban J connectivity index is 1.83. The Morgan fingerprint density at radius 1 is 1.11 bits per heavy atom. The van der Waals surface area contributed by atoms with Gasteiger partial charge in [-0.3, -0.25) is 0 Å². The molecule has 0 aliphatic rings. The van der Waals surface area contributed by atoms with Gasteiger partial charge in [-0.1, -0.05) is 36.9 Å². The molecule has 5 heteroatoms. The molecule has 3 rings (SSSR count). The number of nitrogens with one attached hydrogen (secondary N) is 1. The second kappa shape index (κ2) is 8.31. The Morgan fingerprint density at radius 3 is 2.39 bits per heavy atom. The lowest BCUT2D eigenvalue weighted by Gasteiger charge is -2.10. The van der Waals surface area contributed by atoms with Crippen LogP contribution < -0.4 is 5.32 Å². The smallest absolute Gasteiger partial charge is 0.337 e. The summed E-state index contributed by atoms with van der Waals surface area (Å²) in [5.41, 5.74) is 5.11. The first-order chi connectivity index (χ1) is 13.4. The van der Waals surface area contributed by atoms with Crippen LogP contribution in [0.1, 0.15) is 50.0 Å². The van der Waals surface area contributed by atoms with Crippen LogP contribution in [0, 0.1) is 20.8 Å². The number of carboxylic acid groups (broad SMARTS) is 1. The number of nitrogens with zero attached hydrogens (tertiary/aromatic N) is 1. The van der Waals surface area contributed by atoms with E-state index in [0.29, 0.717) is 25.2 Å². The lowest BCUT2D eigenvalue weighted by Crippen LogP contribution is -2.15. The van der Waals surface area contributed by atoms with Crippen molar-refractivity contribution in [3.05, 3.63) is 88.1 Å². The molecule has 2 aromatic heterocycles. The van der Waals surface area contributed by atoms with Crippen LogP contribution in [0.25, 0.3) is 6.08 Å². The molecule has 146 valence electrons. The van der Waals surface area contributed by atoms with Crippen molar-refractivity contribution in [1.82, 2.24) is 9.88 Å². The van der Waals surface area contributed by atoms with Gasteiger partial charge in [0.1, 0.15) is 11.5 Å². The van der Waals surface area contributed by atoms with Crippen LogP contribution in [-0.2, 0) is 19.6 Å². The fraction of sp³-hybridized carbons (Fsp3) is 0.261. The van der Waals surface area contributed by atoms with E-state index >= 15 is 0 Å². The maximum absolute atomic E-state index is 11.9. The molecule has 5 nitrogen and oxygen atoms in total. The van der Waals surface area contributed by atoms with Crippen LogP contribution in [0.3, 0.4) is 0 Å². The number of carboxylic acids is 1. The molecule has 0 aliphatic heterocycles. The highest BCUT2D eigenvalue weighted by atomic mass is 16.4. The fourth-order valence-corrected chi connectivity index (χ4v) is 3.52. The van der Waals surface area contributed by atoms with Crippen molar-refractivity contribution in [1.29, 1.82) is 0 Å². The van der Waals surface area contributed by atoms with Crippen molar-refractivity contribution >= 4 is 12.0 Å². The van der Waals surface area contributed by atoms with E-state index in [0.717, 1.165) is 39.6 Å². The summed E-state index contributed by atoms with van der Waals surface area (Å²) < 4.78 is 7.63. The molecule has 0 saturated heterocycles. The molecule has 2 heterocycles. The Kier molecular flexibility index (Phi) is 5.85. The number of hydrogen-bond acceptors (Lipinski definition) is 3. The number of furan rings is 1. The van der Waals surface area contributed by atoms with E-state index in [4.69, 9.17) is 4.42 Å². The van der Waals surface area contributed by atoms with Crippen molar-refractivity contribution in [2.24, 2.45) is 0 Å². The number of rotatable bonds is 8. The first-order valence-corrected chi connectivity index (χ1v) is 9.30. The predicted octanol–water partition coefficient (Wildman–Crippen LogP) is 4.69. The van der Waals surface area contributed by atoms with Gasteiger partial charge in [0.2, 0.25) is 0 Å². The fourth-order valence-electron chi connectivity index (χ4n) is 3.52. The Bertz CT molecular complexity index is 994. The lowest BCUT2D eigenvalue weighted by molar-refractivity contribution is 0.0694. The van der Waals surface area contributed by atoms with Gasteiger partial charge in [0.15, 0.2) is 0 Å². The van der Waals surface area contributed by atoms with Crippen LogP contribution in [0.15, 0.2) is 47.4 Å². The zero-order valence-corrected chi connectivity index (χ0v) is 16.6. The second-order valence-corrected chi connectivity index (χ2v) is 6.98. The van der Waals surface area contributed by atoms with Gasteiger partial charge in [-0.05, 0) is 44.0 Å². The maximum Gasteiger partial charge on any atom is 0.337 e. The molecule has 0 unspecified atom stereocenters. The van der Waals surface area contributed by atoms with Gasteiger partial charge >= 0.3 is 5.97 Å². The summed E-state index contributed by atoms with van der Waals surface area (Å²) in [4.78, 5) is 11.9. The molecule has 0 aliphatic carbocycles. The molecule has 0 spiro atoms. The van der Waals surface area contributed by atoms with Gasteiger partial charge in [0.25, 0.3) is 0 Å². The zero-order valence-electron chi connectivity index (χ0n) is 16.6. The Labute approximate surface area is 165 Å². The third-order valence-electron chi connectivity index (χ3n) is 5.08. The molecule has 0 fully saturated rings. The SMILES string of the molecule is C=Cc1ccc(Cn2c(C)c(CNCc3ccc(C)o3)c(C(=O)O)c2C)cc1. The average molecular weight is 378 g/mol. The highest BCUT2D eigenvalue weighted by Crippen LogP contribution is 2.24. The van der Waals surface area contributed by atoms with Gasteiger partial charge < -0.3 is 19.4 Å². The number of carbonyl (C=O) groups is 1. The highest BCUT2D eigenvalue weighted by Gasteiger charge is 2.22. The quantitative estimate of drug-likeness (QED) is 0.597. The Morgan fingerprint density at radius 2 is 1.82 bits per heavy atom. The normalized spacial score (nSPS) is 11.0. The van der Waals surface area contributed by atoms with E-state index in [9.17, 15) is 9.90 Å². The third kappa shape index (κ3) is 4.10. The standard InChI is InChI=1S/C23H26N2O3/c1-5-18-7-9-19(10-8-18)14-25-16(3)21(22(17(25)4)23(26)27)13-24-12-20-11-6-15(2)28-20/h5-11,24H,1,12-14H2,2-4H3,(H,26,27). The first-order valence-electron chi connectivity index (χ1n) is 9.30. The number of benzene rings is 1. The van der Waals surface area contributed by atoms with Crippen molar-refractivity contribution in [2.45, 2.75) is 40.4 Å². The molecule has 0 atom stereocenters. The molecule has 28 heavy (non-hydrogen) atoms. The first kappa shape index (κ1) is 19.7. The topological polar surface area (TPSA) is 67.4 Å². The van der Waals surface area contributed by atoms with E-state index in [1.165, 1.54) is 0 Å². The molecule has 1 aromatic carbocycles. The maximum atomic E-state index is 11.9. The number of aromatic carboxylic acids is 1. The van der Waals surface area contributed by atoms with Gasteiger partial charge in [-0.2, -0.15) is 0 Å². The molecule has 0 radical (unpaired) electrons. The second-order valence-electron chi connectivity index (χ2n) is 6.98. The summed E-state index contributed by atoms with van der Waals surface area (Å²) in [6, 6.07) is 12.0. The zero-order chi connectivity index (χ0) is 20.3. The molecule has 0 amide bonds. The molecule has 3 aromatic rings. The van der Waals surface area contributed by atoms with Gasteiger partial charge in [0.05, 0.1) is 12.1 Å². The summed E-state index contributed by atoms with van der Waals surface area (Å²) in [6.45, 7) is 11.2. The molecular formula is C23H26N2O3. The minimum atomic E-state index is -0.896. The van der Waals surface area contributed by atoms with Crippen LogP contribution in [0.5, 0.6) is 0 Å². The summed E-state index contributed by atoms with van der Waals surface area (Å²) in [5.74, 6) is 0.807. The van der Waals surface area contributed by atoms with E-state index < -0.39 is 5.97 Å². The van der Waals surface area contributed by atoms with Crippen molar-refractivity contribution in [3.8, 4) is 0 Å². The summed E-state index contributed by atoms with van der Waals surface area (Å²) in [5, 5.41) is 13.1. The van der Waals surface area contributed by atoms with E-state index in [1.807, 2.05) is 63.2 Å². The largest absolute Gasteiger partial charge is 0.478 e. The minimum absolute atomic E-state index is 0.378. The minimum Gasteiger partial charge on any atom is -0.478 e. The van der Waals surface area contributed by atoms with E-state index in [2.05, 4.69) is 16.5 Å². The molecule has 0 saturated carbocycles. The number of hydrogen-bond donors (Lipinski definition) is 2. The predicted molar refractivity (Wildman–Crippen MR) is 110 cm³/mol. The van der Waals surface area contributed by atoms with E-state index in [-0.39, 0.29) is 0 Å². The van der Waals surface area contributed by atoms with Crippen molar-refractivity contribution in [2.75, 3.05) is 0 Å². The average Bonchev–Trinajstić information content (AvgIpc) is 3.18. The van der Waals surface area contributed by atoms with Crippen molar-refractivity contribution < 1.29 is 14.3 Å². The highest BCUT2D eigenvalue weighted by molar-refractivity contribution is 5.91. The Hall–Kier alpha value is -3.05. The summed E-state index contributed by atoms with van der Waals surface area (Å²) >= 11 is 0. The number of aryl methyl sites for hydroxylation is 1. The third-order valence-corrected chi connectivity index (χ3v) is 5.08. The monoisotopic (exact) mass is 378 g/mol. The van der Waals surface area contributed by atoms with Crippen LogP contribution >= 0.6 is 0 Å². The summed E-state index contributed by atoms with van der Waals surface area (Å²) in [6.07, 6.45) is 1.81.